The lowest BCUT2D eigenvalue weighted by molar-refractivity contribution is 0.0926. The Morgan fingerprint density at radius 2 is 1.71 bits per heavy atom. The normalized spacial score (nSPS) is 19.2. The second-order valence-electron chi connectivity index (χ2n) is 7.38. The Morgan fingerprint density at radius 3 is 2.36 bits per heavy atom. The predicted octanol–water partition coefficient (Wildman–Crippen LogP) is 4.31. The lowest BCUT2D eigenvalue weighted by Gasteiger charge is -2.30. The quantitative estimate of drug-likeness (QED) is 0.752. The van der Waals surface area contributed by atoms with Gasteiger partial charge in [-0.05, 0) is 50.8 Å². The summed E-state index contributed by atoms with van der Waals surface area (Å²) in [5.41, 5.74) is 1.46. The lowest BCUT2D eigenvalue weighted by atomic mass is 9.91. The third-order valence-electron chi connectivity index (χ3n) is 4.84. The van der Waals surface area contributed by atoms with E-state index in [1.54, 1.807) is 18.2 Å². The van der Waals surface area contributed by atoms with Crippen molar-refractivity contribution in [2.24, 2.45) is 0 Å². The number of rotatable bonds is 5. The maximum Gasteiger partial charge on any atom is 0.251 e. The van der Waals surface area contributed by atoms with Crippen molar-refractivity contribution in [1.82, 2.24) is 15.3 Å². The van der Waals surface area contributed by atoms with E-state index in [9.17, 15) is 4.79 Å². The highest BCUT2D eigenvalue weighted by Crippen LogP contribution is 2.25. The van der Waals surface area contributed by atoms with Crippen LogP contribution in [0.25, 0.3) is 0 Å². The Kier molecular flexibility index (Phi) is 6.62. The number of aromatic nitrogens is 2. The molecule has 150 valence electrons. The van der Waals surface area contributed by atoms with Crippen LogP contribution in [0.15, 0.2) is 24.3 Å². The molecule has 1 saturated carbocycles. The van der Waals surface area contributed by atoms with Gasteiger partial charge in [-0.3, -0.25) is 4.79 Å². The van der Waals surface area contributed by atoms with Crippen LogP contribution in [-0.4, -0.2) is 42.1 Å². The minimum absolute atomic E-state index is 0.114. The van der Waals surface area contributed by atoms with Gasteiger partial charge in [-0.1, -0.05) is 23.2 Å². The van der Waals surface area contributed by atoms with Crippen LogP contribution in [0.2, 0.25) is 10.0 Å². The molecule has 2 aromatic rings. The Bertz CT molecular complexity index is 850. The zero-order chi connectivity index (χ0) is 20.3. The fourth-order valence-electron chi connectivity index (χ4n) is 3.32. The number of hydrogen-bond donors (Lipinski definition) is 2. The van der Waals surface area contributed by atoms with Crippen molar-refractivity contribution >= 4 is 40.9 Å². The van der Waals surface area contributed by atoms with E-state index in [1.165, 1.54) is 0 Å². The molecule has 0 aliphatic heterocycles. The summed E-state index contributed by atoms with van der Waals surface area (Å²) in [6.07, 6.45) is 3.75. The van der Waals surface area contributed by atoms with Gasteiger partial charge in [0.25, 0.3) is 5.91 Å². The highest BCUT2D eigenvalue weighted by molar-refractivity contribution is 6.42. The lowest BCUT2D eigenvalue weighted by Crippen LogP contribution is -2.40. The van der Waals surface area contributed by atoms with E-state index < -0.39 is 0 Å². The molecule has 3 rings (SSSR count). The van der Waals surface area contributed by atoms with Crippen LogP contribution >= 0.6 is 23.2 Å². The summed E-state index contributed by atoms with van der Waals surface area (Å²) < 4.78 is 0. The average molecular weight is 422 g/mol. The average Bonchev–Trinajstić information content (AvgIpc) is 2.65. The number of nitrogens with zero attached hydrogens (tertiary/aromatic N) is 3. The molecule has 2 N–H and O–H groups in total. The number of benzene rings is 1. The number of aryl methyl sites for hydroxylation is 1. The molecule has 1 aromatic carbocycles. The molecule has 0 radical (unpaired) electrons. The van der Waals surface area contributed by atoms with Crippen LogP contribution in [0.4, 0.5) is 11.8 Å². The summed E-state index contributed by atoms with van der Waals surface area (Å²) >= 11 is 11.9. The van der Waals surface area contributed by atoms with Gasteiger partial charge < -0.3 is 15.5 Å². The molecule has 0 unspecified atom stereocenters. The number of carbonyl (C=O) groups excluding carboxylic acids is 1. The molecule has 1 aliphatic carbocycles. The molecular formula is C20H25Cl2N5O. The van der Waals surface area contributed by atoms with Gasteiger partial charge in [-0.25, -0.2) is 4.98 Å². The molecule has 6 nitrogen and oxygen atoms in total. The molecule has 1 amide bonds. The maximum atomic E-state index is 12.4. The van der Waals surface area contributed by atoms with E-state index in [-0.39, 0.29) is 11.9 Å². The van der Waals surface area contributed by atoms with Crippen molar-refractivity contribution in [2.45, 2.75) is 44.7 Å². The molecule has 28 heavy (non-hydrogen) atoms. The van der Waals surface area contributed by atoms with Gasteiger partial charge in [0, 0.05) is 43.5 Å². The minimum Gasteiger partial charge on any atom is -0.367 e. The number of amides is 1. The van der Waals surface area contributed by atoms with Crippen LogP contribution in [-0.2, 0) is 0 Å². The molecule has 1 fully saturated rings. The van der Waals surface area contributed by atoms with Crippen molar-refractivity contribution in [3.63, 3.8) is 0 Å². The van der Waals surface area contributed by atoms with Crippen molar-refractivity contribution in [1.29, 1.82) is 0 Å². The zero-order valence-corrected chi connectivity index (χ0v) is 17.8. The fraction of sp³-hybridized carbons (Fsp3) is 0.450. The third-order valence-corrected chi connectivity index (χ3v) is 5.58. The van der Waals surface area contributed by atoms with E-state index in [0.29, 0.717) is 27.6 Å². The number of carbonyl (C=O) groups is 1. The molecule has 8 heteroatoms. The van der Waals surface area contributed by atoms with Gasteiger partial charge in [0.2, 0.25) is 5.95 Å². The van der Waals surface area contributed by atoms with E-state index in [2.05, 4.69) is 20.6 Å². The summed E-state index contributed by atoms with van der Waals surface area (Å²) in [5, 5.41) is 7.45. The summed E-state index contributed by atoms with van der Waals surface area (Å²) in [6, 6.07) is 7.39. The number of anilines is 2. The van der Waals surface area contributed by atoms with Crippen LogP contribution in [0.5, 0.6) is 0 Å². The molecule has 0 bridgehead atoms. The summed E-state index contributed by atoms with van der Waals surface area (Å²) in [5.74, 6) is 1.43. The maximum absolute atomic E-state index is 12.4. The van der Waals surface area contributed by atoms with E-state index in [4.69, 9.17) is 23.2 Å². The first-order valence-electron chi connectivity index (χ1n) is 9.37. The highest BCUT2D eigenvalue weighted by atomic mass is 35.5. The van der Waals surface area contributed by atoms with Crippen LogP contribution in [0.1, 0.15) is 41.7 Å². The molecule has 0 saturated heterocycles. The smallest absolute Gasteiger partial charge is 0.251 e. The largest absolute Gasteiger partial charge is 0.367 e. The topological polar surface area (TPSA) is 70.2 Å². The van der Waals surface area contributed by atoms with Crippen molar-refractivity contribution in [3.05, 3.63) is 45.6 Å². The predicted molar refractivity (Wildman–Crippen MR) is 115 cm³/mol. The summed E-state index contributed by atoms with van der Waals surface area (Å²) in [6.45, 7) is 1.97. The second-order valence-corrected chi connectivity index (χ2v) is 8.20. The van der Waals surface area contributed by atoms with Gasteiger partial charge in [0.15, 0.2) is 0 Å². The fourth-order valence-corrected chi connectivity index (χ4v) is 3.62. The van der Waals surface area contributed by atoms with E-state index in [0.717, 1.165) is 37.2 Å². The Labute approximate surface area is 175 Å². The number of nitrogens with one attached hydrogen (secondary N) is 2. The van der Waals surface area contributed by atoms with Gasteiger partial charge in [0.1, 0.15) is 5.82 Å². The van der Waals surface area contributed by atoms with E-state index >= 15 is 0 Å². The van der Waals surface area contributed by atoms with Crippen molar-refractivity contribution in [2.75, 3.05) is 24.3 Å². The first kappa shape index (κ1) is 20.7. The number of halogens is 2. The van der Waals surface area contributed by atoms with Crippen molar-refractivity contribution < 1.29 is 4.79 Å². The Morgan fingerprint density at radius 1 is 1.04 bits per heavy atom. The summed E-state index contributed by atoms with van der Waals surface area (Å²) in [4.78, 5) is 23.3. The molecule has 0 spiro atoms. The summed E-state index contributed by atoms with van der Waals surface area (Å²) in [7, 11) is 3.86. The minimum atomic E-state index is -0.114. The molecule has 1 aromatic heterocycles. The van der Waals surface area contributed by atoms with Crippen LogP contribution < -0.4 is 15.5 Å². The third kappa shape index (κ3) is 5.26. The standard InChI is InChI=1S/C20H25Cl2N5O/c1-12-10-18(26-20(23-12)27(2)3)24-14-5-7-15(8-6-14)25-19(28)13-4-9-16(21)17(22)11-13/h4,9-11,14-15H,5-8H2,1-3H3,(H,25,28)(H,23,24,26). The van der Waals surface area contributed by atoms with Crippen molar-refractivity contribution in [3.8, 4) is 0 Å². The van der Waals surface area contributed by atoms with E-state index in [1.807, 2.05) is 32.0 Å². The first-order chi connectivity index (χ1) is 13.3. The molecule has 0 atom stereocenters. The van der Waals surface area contributed by atoms with Gasteiger partial charge >= 0.3 is 0 Å². The highest BCUT2D eigenvalue weighted by Gasteiger charge is 2.23. The molecular weight excluding hydrogens is 397 g/mol. The zero-order valence-electron chi connectivity index (χ0n) is 16.3. The Balaban J connectivity index is 1.53. The van der Waals surface area contributed by atoms with Gasteiger partial charge in [-0.2, -0.15) is 4.98 Å². The molecule has 1 heterocycles. The SMILES string of the molecule is Cc1cc(NC2CCC(NC(=O)c3ccc(Cl)c(Cl)c3)CC2)nc(N(C)C)n1. The van der Waals surface area contributed by atoms with Gasteiger partial charge in [-0.15, -0.1) is 0 Å². The second kappa shape index (κ2) is 8.97. The van der Waals surface area contributed by atoms with Gasteiger partial charge in [0.05, 0.1) is 10.0 Å². The molecule has 1 aliphatic rings. The monoisotopic (exact) mass is 421 g/mol. The first-order valence-corrected chi connectivity index (χ1v) is 10.1. The number of hydrogen-bond acceptors (Lipinski definition) is 5. The van der Waals surface area contributed by atoms with Crippen LogP contribution in [0.3, 0.4) is 0 Å². The van der Waals surface area contributed by atoms with Crippen LogP contribution in [0, 0.1) is 6.92 Å². The Hall–Kier alpha value is -2.05.